The van der Waals surface area contributed by atoms with Gasteiger partial charge in [0.1, 0.15) is 12.4 Å². The van der Waals surface area contributed by atoms with Crippen molar-refractivity contribution in [2.24, 2.45) is 7.05 Å². The molecule has 2 atom stereocenters. The second-order valence-electron chi connectivity index (χ2n) is 10.5. The lowest BCUT2D eigenvalue weighted by Crippen LogP contribution is -2.33. The minimum atomic E-state index is 0.537. The highest BCUT2D eigenvalue weighted by Gasteiger charge is 2.22. The van der Waals surface area contributed by atoms with E-state index in [0.29, 0.717) is 12.0 Å². The molecule has 3 rings (SSSR count). The summed E-state index contributed by atoms with van der Waals surface area (Å²) in [5.41, 5.74) is 2.89. The molecule has 2 unspecified atom stereocenters. The summed E-state index contributed by atoms with van der Waals surface area (Å²) in [4.78, 5) is 0. The molecule has 1 heterocycles. The molecule has 0 spiro atoms. The molecule has 0 aliphatic heterocycles. The van der Waals surface area contributed by atoms with Crippen LogP contribution >= 0.6 is 0 Å². The van der Waals surface area contributed by atoms with Crippen molar-refractivity contribution in [2.75, 3.05) is 0 Å². The van der Waals surface area contributed by atoms with Crippen molar-refractivity contribution in [3.63, 3.8) is 0 Å². The quantitative estimate of drug-likeness (QED) is 0.137. The van der Waals surface area contributed by atoms with Gasteiger partial charge in [-0.2, -0.15) is 0 Å². The molecule has 0 fully saturated rings. The molecule has 0 N–H and O–H groups in total. The molecule has 0 aliphatic carbocycles. The van der Waals surface area contributed by atoms with E-state index in [-0.39, 0.29) is 0 Å². The van der Waals surface area contributed by atoms with E-state index in [4.69, 9.17) is 0 Å². The van der Waals surface area contributed by atoms with Crippen molar-refractivity contribution >= 4 is 0 Å². The first-order chi connectivity index (χ1) is 17.2. The predicted octanol–water partition coefficient (Wildman–Crippen LogP) is 8.75. The van der Waals surface area contributed by atoms with E-state index in [1.54, 1.807) is 0 Å². The Hall–Kier alpha value is -2.35. The van der Waals surface area contributed by atoms with E-state index >= 15 is 0 Å². The topological polar surface area (TPSA) is 8.81 Å². The second-order valence-corrected chi connectivity index (χ2v) is 10.5. The Morgan fingerprint density at radius 3 is 2.00 bits per heavy atom. The maximum atomic E-state index is 2.55. The fourth-order valence-electron chi connectivity index (χ4n) is 5.44. The summed E-state index contributed by atoms with van der Waals surface area (Å²) >= 11 is 0. The number of hydrogen-bond acceptors (Lipinski definition) is 0. The van der Waals surface area contributed by atoms with Gasteiger partial charge >= 0.3 is 0 Å². The van der Waals surface area contributed by atoms with Crippen LogP contribution in [-0.4, -0.2) is 4.57 Å². The van der Waals surface area contributed by atoms with Gasteiger partial charge in [0.05, 0.1) is 13.1 Å². The molecular weight excluding hydrogens is 424 g/mol. The van der Waals surface area contributed by atoms with Gasteiger partial charge in [-0.15, -0.1) is 0 Å². The van der Waals surface area contributed by atoms with Crippen LogP contribution in [0.1, 0.15) is 113 Å². The summed E-state index contributed by atoms with van der Waals surface area (Å²) in [5.74, 6) is 2.00. The highest BCUT2D eigenvalue weighted by Crippen LogP contribution is 2.27. The van der Waals surface area contributed by atoms with E-state index in [9.17, 15) is 0 Å². The Morgan fingerprint density at radius 2 is 1.34 bits per heavy atom. The van der Waals surface area contributed by atoms with E-state index in [2.05, 4.69) is 103 Å². The number of hydrogen-bond donors (Lipinski definition) is 0. The molecule has 2 heteroatoms. The number of imidazole rings is 1. The van der Waals surface area contributed by atoms with Gasteiger partial charge in [-0.1, -0.05) is 119 Å². The Balaban J connectivity index is 1.52. The van der Waals surface area contributed by atoms with Crippen molar-refractivity contribution in [3.8, 4) is 0 Å². The summed E-state index contributed by atoms with van der Waals surface area (Å²) in [5, 5.41) is 0. The summed E-state index contributed by atoms with van der Waals surface area (Å²) in [6, 6.07) is 22.7. The van der Waals surface area contributed by atoms with Crippen molar-refractivity contribution in [2.45, 2.75) is 109 Å². The lowest BCUT2D eigenvalue weighted by Gasteiger charge is -2.18. The largest absolute Gasteiger partial charge is 0.256 e. The van der Waals surface area contributed by atoms with Gasteiger partial charge in [-0.25, -0.2) is 9.13 Å². The van der Waals surface area contributed by atoms with Gasteiger partial charge in [-0.05, 0) is 49.7 Å². The SMILES string of the molecule is CCCCCCCCCCCC(C)n1cc[n+](C)c1CCC(Cc1ccccc1)c1ccccc1. The van der Waals surface area contributed by atoms with Crippen LogP contribution in [0.15, 0.2) is 73.1 Å². The third-order valence-corrected chi connectivity index (χ3v) is 7.67. The number of nitrogens with zero attached hydrogens (tertiary/aromatic N) is 2. The third kappa shape index (κ3) is 9.32. The molecule has 2 aromatic carbocycles. The Bertz CT molecular complexity index is 928. The molecule has 35 heavy (non-hydrogen) atoms. The van der Waals surface area contributed by atoms with Crippen molar-refractivity contribution in [1.29, 1.82) is 0 Å². The molecule has 0 aliphatic rings. The standard InChI is InChI=1S/C33H49N2/c1-4-5-6-7-8-9-10-11-14-19-29(2)35-27-26-34(3)33(35)25-24-32(31-22-17-13-18-23-31)28-30-20-15-12-16-21-30/h12-13,15-18,20-23,26-27,29,32H,4-11,14,19,24-25,28H2,1-3H3/q+1. The maximum absolute atomic E-state index is 2.55. The molecule has 0 saturated carbocycles. The van der Waals surface area contributed by atoms with Gasteiger partial charge in [-0.3, -0.25) is 0 Å². The van der Waals surface area contributed by atoms with Gasteiger partial charge < -0.3 is 0 Å². The van der Waals surface area contributed by atoms with Gasteiger partial charge in [0.25, 0.3) is 5.82 Å². The Kier molecular flexibility index (Phi) is 12.1. The molecule has 0 amide bonds. The highest BCUT2D eigenvalue weighted by molar-refractivity contribution is 5.24. The second kappa shape index (κ2) is 15.6. The van der Waals surface area contributed by atoms with Crippen LogP contribution in [0.4, 0.5) is 0 Å². The maximum Gasteiger partial charge on any atom is 0.256 e. The van der Waals surface area contributed by atoms with Crippen LogP contribution < -0.4 is 4.57 Å². The molecular formula is C33H49N2+. The van der Waals surface area contributed by atoms with Gasteiger partial charge in [0, 0.05) is 6.42 Å². The number of rotatable bonds is 17. The number of aromatic nitrogens is 2. The Morgan fingerprint density at radius 1 is 0.743 bits per heavy atom. The fraction of sp³-hybridized carbons (Fsp3) is 0.545. The summed E-state index contributed by atoms with van der Waals surface area (Å²) in [7, 11) is 2.21. The van der Waals surface area contributed by atoms with Crippen LogP contribution in [0.5, 0.6) is 0 Å². The fourth-order valence-corrected chi connectivity index (χ4v) is 5.44. The third-order valence-electron chi connectivity index (χ3n) is 7.67. The molecule has 2 nitrogen and oxygen atoms in total. The first kappa shape index (κ1) is 27.2. The van der Waals surface area contributed by atoms with E-state index in [1.807, 2.05) is 0 Å². The van der Waals surface area contributed by atoms with E-state index in [1.165, 1.54) is 87.6 Å². The molecule has 0 radical (unpaired) electrons. The average molecular weight is 474 g/mol. The molecule has 0 saturated heterocycles. The van der Waals surface area contributed by atoms with Crippen LogP contribution in [0.3, 0.4) is 0 Å². The van der Waals surface area contributed by atoms with Crippen LogP contribution in [0.25, 0.3) is 0 Å². The number of unbranched alkanes of at least 4 members (excludes halogenated alkanes) is 8. The summed E-state index contributed by atoms with van der Waals surface area (Å²) in [6.45, 7) is 4.70. The minimum absolute atomic E-state index is 0.537. The van der Waals surface area contributed by atoms with Crippen molar-refractivity contribution < 1.29 is 4.57 Å². The zero-order valence-electron chi connectivity index (χ0n) is 22.7. The number of aryl methyl sites for hydroxylation is 1. The smallest absolute Gasteiger partial charge is 0.237 e. The van der Waals surface area contributed by atoms with Crippen LogP contribution in [0.2, 0.25) is 0 Å². The lowest BCUT2D eigenvalue weighted by atomic mass is 9.88. The minimum Gasteiger partial charge on any atom is -0.237 e. The highest BCUT2D eigenvalue weighted by atomic mass is 15.1. The molecule has 3 aromatic rings. The average Bonchev–Trinajstić information content (AvgIpc) is 3.26. The van der Waals surface area contributed by atoms with E-state index < -0.39 is 0 Å². The first-order valence-corrected chi connectivity index (χ1v) is 14.3. The van der Waals surface area contributed by atoms with Gasteiger partial charge in [0.15, 0.2) is 0 Å². The van der Waals surface area contributed by atoms with Crippen LogP contribution in [0, 0.1) is 0 Å². The Labute approximate surface area is 215 Å². The molecule has 0 bridgehead atoms. The zero-order chi connectivity index (χ0) is 24.7. The van der Waals surface area contributed by atoms with E-state index in [0.717, 1.165) is 12.8 Å². The molecule has 1 aromatic heterocycles. The summed E-state index contributed by atoms with van der Waals surface area (Å²) in [6.07, 6.45) is 21.8. The normalized spacial score (nSPS) is 13.1. The zero-order valence-corrected chi connectivity index (χ0v) is 22.7. The first-order valence-electron chi connectivity index (χ1n) is 14.3. The summed E-state index contributed by atoms with van der Waals surface area (Å²) < 4.78 is 4.90. The monoisotopic (exact) mass is 473 g/mol. The van der Waals surface area contributed by atoms with Crippen LogP contribution in [-0.2, 0) is 19.9 Å². The number of benzene rings is 2. The van der Waals surface area contributed by atoms with Gasteiger partial charge in [0.2, 0.25) is 0 Å². The predicted molar refractivity (Wildman–Crippen MR) is 150 cm³/mol. The van der Waals surface area contributed by atoms with Crippen molar-refractivity contribution in [3.05, 3.63) is 90.0 Å². The lowest BCUT2D eigenvalue weighted by molar-refractivity contribution is -0.679. The van der Waals surface area contributed by atoms with Crippen molar-refractivity contribution in [1.82, 2.24) is 4.57 Å². The molecule has 190 valence electrons.